The molecule has 16 heavy (non-hydrogen) atoms. The number of alkyl halides is 1. The molecule has 0 bridgehead atoms. The highest BCUT2D eigenvalue weighted by molar-refractivity contribution is 5.70. The molecule has 1 aromatic rings. The molecule has 1 rings (SSSR count). The second kappa shape index (κ2) is 5.64. The SMILES string of the molecule is CC(C)(F)CC(=O)OCCc1ccccc1. The molecule has 0 N–H and O–H groups in total. The van der Waals surface area contributed by atoms with Crippen LogP contribution in [0.1, 0.15) is 25.8 Å². The molecule has 0 atom stereocenters. The van der Waals surface area contributed by atoms with E-state index >= 15 is 0 Å². The molecular formula is C13H17FO2. The van der Waals surface area contributed by atoms with Crippen molar-refractivity contribution in [2.24, 2.45) is 0 Å². The Morgan fingerprint density at radius 1 is 1.31 bits per heavy atom. The lowest BCUT2D eigenvalue weighted by atomic mass is 10.1. The summed E-state index contributed by atoms with van der Waals surface area (Å²) in [5, 5.41) is 0. The van der Waals surface area contributed by atoms with Crippen molar-refractivity contribution in [3.05, 3.63) is 35.9 Å². The molecule has 0 fully saturated rings. The van der Waals surface area contributed by atoms with Gasteiger partial charge < -0.3 is 4.74 Å². The molecule has 0 saturated carbocycles. The van der Waals surface area contributed by atoms with Crippen molar-refractivity contribution in [1.29, 1.82) is 0 Å². The molecular weight excluding hydrogens is 207 g/mol. The van der Waals surface area contributed by atoms with Gasteiger partial charge in [0.1, 0.15) is 5.67 Å². The summed E-state index contributed by atoms with van der Waals surface area (Å²) < 4.78 is 18.0. The van der Waals surface area contributed by atoms with E-state index in [1.165, 1.54) is 13.8 Å². The zero-order valence-electron chi connectivity index (χ0n) is 9.70. The molecule has 0 aliphatic rings. The molecule has 0 saturated heterocycles. The second-order valence-electron chi connectivity index (χ2n) is 4.35. The first-order chi connectivity index (χ1) is 7.47. The van der Waals surface area contributed by atoms with Crippen LogP contribution in [0.15, 0.2) is 30.3 Å². The highest BCUT2D eigenvalue weighted by atomic mass is 19.1. The maximum atomic E-state index is 13.1. The summed E-state index contributed by atoms with van der Waals surface area (Å²) >= 11 is 0. The molecule has 0 aliphatic heterocycles. The van der Waals surface area contributed by atoms with Crippen molar-refractivity contribution >= 4 is 5.97 Å². The number of rotatable bonds is 5. The average Bonchev–Trinajstić information content (AvgIpc) is 2.16. The van der Waals surface area contributed by atoms with Gasteiger partial charge in [0, 0.05) is 6.42 Å². The average molecular weight is 224 g/mol. The minimum Gasteiger partial charge on any atom is -0.465 e. The van der Waals surface area contributed by atoms with E-state index in [0.717, 1.165) is 5.56 Å². The lowest BCUT2D eigenvalue weighted by Gasteiger charge is -2.12. The summed E-state index contributed by atoms with van der Waals surface area (Å²) in [5.74, 6) is -0.483. The molecule has 0 radical (unpaired) electrons. The van der Waals surface area contributed by atoms with E-state index in [4.69, 9.17) is 4.74 Å². The molecule has 1 aromatic carbocycles. The molecule has 0 unspecified atom stereocenters. The Bertz CT molecular complexity index is 328. The van der Waals surface area contributed by atoms with Crippen molar-refractivity contribution < 1.29 is 13.9 Å². The molecule has 3 heteroatoms. The second-order valence-corrected chi connectivity index (χ2v) is 4.35. The van der Waals surface area contributed by atoms with E-state index in [1.54, 1.807) is 0 Å². The van der Waals surface area contributed by atoms with Gasteiger partial charge >= 0.3 is 5.97 Å². The van der Waals surface area contributed by atoms with E-state index in [1.807, 2.05) is 30.3 Å². The Kier molecular flexibility index (Phi) is 4.47. The van der Waals surface area contributed by atoms with Gasteiger partial charge in [-0.1, -0.05) is 30.3 Å². The molecule has 0 aromatic heterocycles. The van der Waals surface area contributed by atoms with Gasteiger partial charge in [0.2, 0.25) is 0 Å². The third-order valence-electron chi connectivity index (χ3n) is 2.06. The Labute approximate surface area is 95.4 Å². The van der Waals surface area contributed by atoms with Gasteiger partial charge in [0.25, 0.3) is 0 Å². The summed E-state index contributed by atoms with van der Waals surface area (Å²) in [6, 6.07) is 9.73. The fraction of sp³-hybridized carbons (Fsp3) is 0.462. The normalized spacial score (nSPS) is 11.2. The number of halogens is 1. The van der Waals surface area contributed by atoms with Crippen LogP contribution < -0.4 is 0 Å². The zero-order valence-corrected chi connectivity index (χ0v) is 9.70. The van der Waals surface area contributed by atoms with Gasteiger partial charge in [-0.15, -0.1) is 0 Å². The van der Waals surface area contributed by atoms with Crippen LogP contribution in [0.5, 0.6) is 0 Å². The maximum Gasteiger partial charge on any atom is 0.309 e. The summed E-state index contributed by atoms with van der Waals surface area (Å²) in [6.07, 6.45) is 0.473. The first kappa shape index (κ1) is 12.7. The van der Waals surface area contributed by atoms with E-state index in [-0.39, 0.29) is 6.42 Å². The number of hydrogen-bond acceptors (Lipinski definition) is 2. The molecule has 0 heterocycles. The highest BCUT2D eigenvalue weighted by Crippen LogP contribution is 2.14. The number of benzene rings is 1. The topological polar surface area (TPSA) is 26.3 Å². The van der Waals surface area contributed by atoms with E-state index in [0.29, 0.717) is 13.0 Å². The van der Waals surface area contributed by atoms with Crippen molar-refractivity contribution in [1.82, 2.24) is 0 Å². The zero-order chi connectivity index (χ0) is 12.0. The minimum absolute atomic E-state index is 0.193. The van der Waals surface area contributed by atoms with E-state index < -0.39 is 11.6 Å². The Hall–Kier alpha value is -1.38. The summed E-state index contributed by atoms with van der Waals surface area (Å²) in [5.41, 5.74) is -0.390. The first-order valence-corrected chi connectivity index (χ1v) is 5.36. The monoisotopic (exact) mass is 224 g/mol. The number of esters is 1. The van der Waals surface area contributed by atoms with Crippen molar-refractivity contribution in [3.8, 4) is 0 Å². The quantitative estimate of drug-likeness (QED) is 0.719. The minimum atomic E-state index is -1.50. The van der Waals surface area contributed by atoms with Crippen LogP contribution in [0.4, 0.5) is 4.39 Å². The number of carbonyl (C=O) groups excluding carboxylic acids is 1. The summed E-state index contributed by atoms with van der Waals surface area (Å²) in [7, 11) is 0. The number of ether oxygens (including phenoxy) is 1. The third-order valence-corrected chi connectivity index (χ3v) is 2.06. The Morgan fingerprint density at radius 2 is 1.94 bits per heavy atom. The summed E-state index contributed by atoms with van der Waals surface area (Å²) in [6.45, 7) is 3.04. The van der Waals surface area contributed by atoms with Crippen LogP contribution in [0.25, 0.3) is 0 Å². The van der Waals surface area contributed by atoms with E-state index in [2.05, 4.69) is 0 Å². The molecule has 0 aliphatic carbocycles. The van der Waals surface area contributed by atoms with Gasteiger partial charge in [0.15, 0.2) is 0 Å². The largest absolute Gasteiger partial charge is 0.465 e. The standard InChI is InChI=1S/C13H17FO2/c1-13(2,14)10-12(15)16-9-8-11-6-4-3-5-7-11/h3-7H,8-10H2,1-2H3. The Balaban J connectivity index is 2.24. The fourth-order valence-corrected chi connectivity index (χ4v) is 1.32. The smallest absolute Gasteiger partial charge is 0.309 e. The van der Waals surface area contributed by atoms with Gasteiger partial charge in [-0.2, -0.15) is 0 Å². The molecule has 88 valence electrons. The maximum absolute atomic E-state index is 13.1. The highest BCUT2D eigenvalue weighted by Gasteiger charge is 2.21. The van der Waals surface area contributed by atoms with Crippen molar-refractivity contribution in [2.45, 2.75) is 32.4 Å². The molecule has 2 nitrogen and oxygen atoms in total. The van der Waals surface area contributed by atoms with Crippen LogP contribution in [0.2, 0.25) is 0 Å². The number of hydrogen-bond donors (Lipinski definition) is 0. The van der Waals surface area contributed by atoms with Crippen LogP contribution >= 0.6 is 0 Å². The van der Waals surface area contributed by atoms with Gasteiger partial charge in [0.05, 0.1) is 13.0 Å². The van der Waals surface area contributed by atoms with Crippen LogP contribution in [-0.4, -0.2) is 18.2 Å². The third kappa shape index (κ3) is 5.49. The van der Waals surface area contributed by atoms with Crippen LogP contribution in [-0.2, 0) is 16.0 Å². The molecule has 0 amide bonds. The van der Waals surface area contributed by atoms with Gasteiger partial charge in [-0.3, -0.25) is 4.79 Å². The first-order valence-electron chi connectivity index (χ1n) is 5.36. The van der Waals surface area contributed by atoms with Crippen LogP contribution in [0, 0.1) is 0 Å². The predicted molar refractivity (Wildman–Crippen MR) is 60.9 cm³/mol. The van der Waals surface area contributed by atoms with Gasteiger partial charge in [-0.25, -0.2) is 4.39 Å². The van der Waals surface area contributed by atoms with Crippen molar-refractivity contribution in [2.75, 3.05) is 6.61 Å². The Morgan fingerprint density at radius 3 is 2.50 bits per heavy atom. The van der Waals surface area contributed by atoms with Crippen LogP contribution in [0.3, 0.4) is 0 Å². The number of carbonyl (C=O) groups is 1. The van der Waals surface area contributed by atoms with Gasteiger partial charge in [-0.05, 0) is 19.4 Å². The molecule has 0 spiro atoms. The fourth-order valence-electron chi connectivity index (χ4n) is 1.32. The van der Waals surface area contributed by atoms with Crippen molar-refractivity contribution in [3.63, 3.8) is 0 Å². The lowest BCUT2D eigenvalue weighted by Crippen LogP contribution is -2.20. The van der Waals surface area contributed by atoms with E-state index in [9.17, 15) is 9.18 Å². The lowest BCUT2D eigenvalue weighted by molar-refractivity contribution is -0.146. The summed E-state index contributed by atoms with van der Waals surface area (Å²) in [4.78, 5) is 11.2. The predicted octanol–water partition coefficient (Wildman–Crippen LogP) is 2.91.